The summed E-state index contributed by atoms with van der Waals surface area (Å²) < 4.78 is 0. The zero-order valence-electron chi connectivity index (χ0n) is 12.6. The molecule has 0 amide bonds. The van der Waals surface area contributed by atoms with Gasteiger partial charge in [0.2, 0.25) is 0 Å². The Morgan fingerprint density at radius 1 is 1.17 bits per heavy atom. The Morgan fingerprint density at radius 3 is 3.13 bits per heavy atom. The second-order valence-electron chi connectivity index (χ2n) is 5.53. The number of hydrogen-bond donors (Lipinski definition) is 5. The van der Waals surface area contributed by atoms with Crippen molar-refractivity contribution in [2.75, 3.05) is 18.5 Å². The summed E-state index contributed by atoms with van der Waals surface area (Å²) >= 11 is 0. The number of aromatic nitrogens is 1. The minimum Gasteiger partial charge on any atom is -0.324 e. The lowest BCUT2D eigenvalue weighted by Crippen LogP contribution is -2.35. The molecule has 1 unspecified atom stereocenters. The van der Waals surface area contributed by atoms with Crippen LogP contribution in [-0.4, -0.2) is 24.1 Å². The fraction of sp³-hybridized carbons (Fsp3) is 0.250. The Morgan fingerprint density at radius 2 is 2.17 bits per heavy atom. The number of anilines is 1. The maximum absolute atomic E-state index is 4.45. The third-order valence-electron chi connectivity index (χ3n) is 3.95. The van der Waals surface area contributed by atoms with Crippen LogP contribution >= 0.6 is 0 Å². The molecule has 0 bridgehead atoms. The molecule has 1 aromatic rings. The van der Waals surface area contributed by atoms with Gasteiger partial charge in [0, 0.05) is 24.6 Å². The average Bonchev–Trinajstić information content (AvgIpc) is 3.17. The lowest BCUT2D eigenvalue weighted by Gasteiger charge is -2.16. The molecule has 1 fully saturated rings. The van der Waals surface area contributed by atoms with Crippen molar-refractivity contribution in [3.63, 3.8) is 0 Å². The first-order valence-electron chi connectivity index (χ1n) is 7.76. The van der Waals surface area contributed by atoms with Gasteiger partial charge in [0.15, 0.2) is 0 Å². The lowest BCUT2D eigenvalue weighted by atomic mass is 10.1. The number of rotatable bonds is 0. The molecule has 4 aliphatic rings. The zero-order valence-corrected chi connectivity index (χ0v) is 12.6. The molecule has 118 valence electrons. The van der Waals surface area contributed by atoms with E-state index >= 15 is 0 Å². The van der Waals surface area contributed by atoms with E-state index in [1.54, 1.807) is 6.20 Å². The van der Waals surface area contributed by atoms with Gasteiger partial charge in [0.25, 0.3) is 0 Å². The highest BCUT2D eigenvalue weighted by atomic mass is 15.4. The molecule has 0 spiro atoms. The van der Waals surface area contributed by atoms with E-state index < -0.39 is 0 Å². The fourth-order valence-corrected chi connectivity index (χ4v) is 2.78. The maximum atomic E-state index is 4.45. The van der Waals surface area contributed by atoms with Gasteiger partial charge in [-0.1, -0.05) is 12.2 Å². The molecule has 5 N–H and O–H groups in total. The minimum atomic E-state index is 0.554. The molecular formula is C16H19N7. The Bertz CT molecular complexity index is 806. The van der Waals surface area contributed by atoms with Crippen LogP contribution in [0, 0.1) is 0 Å². The Hall–Kier alpha value is -2.64. The van der Waals surface area contributed by atoms with Crippen molar-refractivity contribution >= 4 is 18.0 Å². The molecule has 0 aliphatic carbocycles. The second kappa shape index (κ2) is 6.23. The highest BCUT2D eigenvalue weighted by Crippen LogP contribution is 2.07. The first kappa shape index (κ1) is 14.0. The van der Waals surface area contributed by atoms with Gasteiger partial charge < -0.3 is 16.2 Å². The van der Waals surface area contributed by atoms with Crippen LogP contribution in [0.5, 0.6) is 0 Å². The van der Waals surface area contributed by atoms with E-state index in [2.05, 4.69) is 43.1 Å². The molecule has 0 radical (unpaired) electrons. The molecule has 1 aromatic heterocycles. The second-order valence-corrected chi connectivity index (χ2v) is 5.53. The standard InChI is InChI=1S/C10H8N4.C6H11N3/c1-2-4-11-8-5-9-10(6-12-14-9)13-7(8)3-1;1-2-5-6(7-3-1)4-8-9-5/h1-6,12,14H;2,6-9H,1,3-4H2. The predicted molar refractivity (Wildman–Crippen MR) is 90.0 cm³/mol. The number of fused-ring (bicyclic) bond motifs is 3. The van der Waals surface area contributed by atoms with E-state index in [0.717, 1.165) is 41.6 Å². The molecule has 5 heterocycles. The molecule has 7 nitrogen and oxygen atoms in total. The van der Waals surface area contributed by atoms with Crippen LogP contribution in [0.15, 0.2) is 41.2 Å². The van der Waals surface area contributed by atoms with Crippen molar-refractivity contribution in [1.82, 2.24) is 26.6 Å². The monoisotopic (exact) mass is 309 g/mol. The number of hydrogen-bond acceptors (Lipinski definition) is 7. The summed E-state index contributed by atoms with van der Waals surface area (Å²) in [6, 6.07) is 2.53. The van der Waals surface area contributed by atoms with Crippen LogP contribution in [0.3, 0.4) is 0 Å². The van der Waals surface area contributed by atoms with Crippen molar-refractivity contribution in [1.29, 1.82) is 0 Å². The number of nitrogens with one attached hydrogen (secondary N) is 5. The van der Waals surface area contributed by atoms with Gasteiger partial charge in [-0.15, -0.1) is 0 Å². The number of nitrogens with zero attached hydrogens (tertiary/aromatic N) is 2. The fourth-order valence-electron chi connectivity index (χ4n) is 2.78. The molecule has 0 aromatic carbocycles. The van der Waals surface area contributed by atoms with E-state index in [9.17, 15) is 0 Å². The molecule has 23 heavy (non-hydrogen) atoms. The van der Waals surface area contributed by atoms with E-state index in [4.69, 9.17) is 0 Å². The Kier molecular flexibility index (Phi) is 3.79. The lowest BCUT2D eigenvalue weighted by molar-refractivity contribution is 0.579. The van der Waals surface area contributed by atoms with Crippen molar-refractivity contribution in [2.24, 2.45) is 4.99 Å². The van der Waals surface area contributed by atoms with E-state index in [-0.39, 0.29) is 0 Å². The van der Waals surface area contributed by atoms with E-state index in [1.807, 2.05) is 30.5 Å². The maximum Gasteiger partial charge on any atom is 0.106 e. The molecule has 4 aliphatic heterocycles. The van der Waals surface area contributed by atoms with Crippen LogP contribution in [0.2, 0.25) is 0 Å². The number of pyridine rings is 1. The highest BCUT2D eigenvalue weighted by Gasteiger charge is 2.20. The van der Waals surface area contributed by atoms with Crippen molar-refractivity contribution in [3.05, 3.63) is 52.6 Å². The molecule has 7 heteroatoms. The van der Waals surface area contributed by atoms with Crippen LogP contribution in [0.1, 0.15) is 12.1 Å². The molecule has 0 saturated carbocycles. The van der Waals surface area contributed by atoms with Crippen LogP contribution < -0.4 is 37.7 Å². The minimum absolute atomic E-state index is 0.554. The Balaban J connectivity index is 0.000000130. The summed E-state index contributed by atoms with van der Waals surface area (Å²) in [5.41, 5.74) is 15.3. The van der Waals surface area contributed by atoms with Crippen molar-refractivity contribution in [3.8, 4) is 0 Å². The van der Waals surface area contributed by atoms with Gasteiger partial charge in [-0.05, 0) is 31.2 Å². The normalized spacial score (nSPS) is 22.3. The summed E-state index contributed by atoms with van der Waals surface area (Å²) in [6.45, 7) is 2.14. The van der Waals surface area contributed by atoms with Gasteiger partial charge >= 0.3 is 0 Å². The van der Waals surface area contributed by atoms with Crippen LogP contribution in [0.25, 0.3) is 12.3 Å². The van der Waals surface area contributed by atoms with Gasteiger partial charge in [-0.3, -0.25) is 10.4 Å². The van der Waals surface area contributed by atoms with Crippen molar-refractivity contribution in [2.45, 2.75) is 12.5 Å². The third kappa shape index (κ3) is 2.96. The molecule has 5 rings (SSSR count). The SMILES string of the molecule is C1=C2NNCC2NCC1.C1=CN=c2cc3c(nc2C=C1)=CNN3. The summed E-state index contributed by atoms with van der Waals surface area (Å²) in [6.07, 6.45) is 12.8. The smallest absolute Gasteiger partial charge is 0.106 e. The topological polar surface area (TPSA) is 85.4 Å². The van der Waals surface area contributed by atoms with Gasteiger partial charge in [0.05, 0.1) is 22.8 Å². The van der Waals surface area contributed by atoms with Crippen molar-refractivity contribution < 1.29 is 0 Å². The number of allylic oxidation sites excluding steroid dienone is 2. The highest BCUT2D eigenvalue weighted by molar-refractivity contribution is 5.56. The van der Waals surface area contributed by atoms with Crippen LogP contribution in [-0.2, 0) is 0 Å². The largest absolute Gasteiger partial charge is 0.324 e. The average molecular weight is 309 g/mol. The zero-order chi connectivity index (χ0) is 15.5. The predicted octanol–water partition coefficient (Wildman–Crippen LogP) is -0.750. The van der Waals surface area contributed by atoms with Gasteiger partial charge in [-0.25, -0.2) is 10.4 Å². The molecular weight excluding hydrogens is 290 g/mol. The van der Waals surface area contributed by atoms with Gasteiger partial charge in [0.1, 0.15) is 5.35 Å². The molecule has 1 atom stereocenters. The summed E-state index contributed by atoms with van der Waals surface area (Å²) in [5.74, 6) is 0. The number of hydrazine groups is 2. The van der Waals surface area contributed by atoms with Crippen LogP contribution in [0.4, 0.5) is 5.69 Å². The summed E-state index contributed by atoms with van der Waals surface area (Å²) in [7, 11) is 0. The quantitative estimate of drug-likeness (QED) is 0.434. The van der Waals surface area contributed by atoms with Gasteiger partial charge in [-0.2, -0.15) is 0 Å². The van der Waals surface area contributed by atoms with E-state index in [1.165, 1.54) is 5.70 Å². The first-order chi connectivity index (χ1) is 11.4. The summed E-state index contributed by atoms with van der Waals surface area (Å²) in [4.78, 5) is 8.73. The third-order valence-corrected chi connectivity index (χ3v) is 3.95. The van der Waals surface area contributed by atoms with E-state index in [0.29, 0.717) is 6.04 Å². The molecule has 1 saturated heterocycles. The Labute approximate surface area is 133 Å². The summed E-state index contributed by atoms with van der Waals surface area (Å²) in [5, 5.41) is 5.20. The first-order valence-corrected chi connectivity index (χ1v) is 7.76.